The molecular formula is C15H18N2OS. The zero-order chi connectivity index (χ0) is 13.5. The van der Waals surface area contributed by atoms with Gasteiger partial charge in [0.2, 0.25) is 0 Å². The predicted octanol–water partition coefficient (Wildman–Crippen LogP) is 3.81. The highest BCUT2D eigenvalue weighted by Crippen LogP contribution is 2.24. The maximum absolute atomic E-state index is 5.14. The number of rotatable bonds is 6. The molecule has 0 fully saturated rings. The van der Waals surface area contributed by atoms with Crippen LogP contribution in [0.3, 0.4) is 0 Å². The number of methoxy groups -OCH3 is 1. The van der Waals surface area contributed by atoms with E-state index < -0.39 is 0 Å². The Hall–Kier alpha value is -1.68. The summed E-state index contributed by atoms with van der Waals surface area (Å²) in [5.74, 6) is 1.75. The average Bonchev–Trinajstić information content (AvgIpc) is 2.46. The van der Waals surface area contributed by atoms with Gasteiger partial charge in [-0.2, -0.15) is 0 Å². The molecule has 1 N–H and O–H groups in total. The molecule has 3 nitrogen and oxygen atoms in total. The van der Waals surface area contributed by atoms with Gasteiger partial charge >= 0.3 is 0 Å². The second kappa shape index (κ2) is 7.04. The first kappa shape index (κ1) is 13.7. The molecule has 1 heterocycles. The fraction of sp³-hybridized carbons (Fsp3) is 0.267. The number of aromatic nitrogens is 1. The normalized spacial score (nSPS) is 10.2. The molecule has 1 aromatic heterocycles. The fourth-order valence-electron chi connectivity index (χ4n) is 1.70. The monoisotopic (exact) mass is 274 g/mol. The zero-order valence-corrected chi connectivity index (χ0v) is 12.0. The summed E-state index contributed by atoms with van der Waals surface area (Å²) >= 11 is 1.77. The third-order valence-corrected chi connectivity index (χ3v) is 3.69. The predicted molar refractivity (Wildman–Crippen MR) is 81.0 cm³/mol. The maximum Gasteiger partial charge on any atom is 0.118 e. The molecule has 4 heteroatoms. The molecule has 0 aliphatic heterocycles. The van der Waals surface area contributed by atoms with Crippen LogP contribution in [0.2, 0.25) is 0 Å². The average molecular weight is 274 g/mol. The molecule has 0 bridgehead atoms. The molecule has 2 aromatic rings. The van der Waals surface area contributed by atoms with Crippen LogP contribution in [0.4, 0.5) is 5.69 Å². The number of hydrogen-bond acceptors (Lipinski definition) is 4. The zero-order valence-electron chi connectivity index (χ0n) is 11.2. The smallest absolute Gasteiger partial charge is 0.118 e. The summed E-state index contributed by atoms with van der Waals surface area (Å²) in [6.45, 7) is 3.02. The molecule has 0 aliphatic rings. The molecule has 2 rings (SSSR count). The van der Waals surface area contributed by atoms with Crippen molar-refractivity contribution in [3.63, 3.8) is 0 Å². The number of ether oxygens (including phenoxy) is 1. The van der Waals surface area contributed by atoms with E-state index in [0.29, 0.717) is 0 Å². The standard InChI is InChI=1S/C15H18N2OS/c1-3-16-12-8-9-17-13(10-12)11-19-15-6-4-14(18-2)5-7-15/h4-10H,3,11H2,1-2H3,(H,16,17). The molecular weight excluding hydrogens is 256 g/mol. The number of nitrogens with zero attached hydrogens (tertiary/aromatic N) is 1. The van der Waals surface area contributed by atoms with Crippen molar-refractivity contribution in [2.24, 2.45) is 0 Å². The minimum Gasteiger partial charge on any atom is -0.497 e. The minimum absolute atomic E-state index is 0.867. The Balaban J connectivity index is 1.95. The van der Waals surface area contributed by atoms with Gasteiger partial charge < -0.3 is 10.1 Å². The van der Waals surface area contributed by atoms with Gasteiger partial charge in [0.15, 0.2) is 0 Å². The first-order valence-electron chi connectivity index (χ1n) is 6.27. The highest BCUT2D eigenvalue weighted by atomic mass is 32.2. The van der Waals surface area contributed by atoms with Gasteiger partial charge in [0.25, 0.3) is 0 Å². The molecule has 0 saturated carbocycles. The highest BCUT2D eigenvalue weighted by molar-refractivity contribution is 7.98. The van der Waals surface area contributed by atoms with Gasteiger partial charge in [-0.15, -0.1) is 11.8 Å². The van der Waals surface area contributed by atoms with Crippen LogP contribution in [-0.4, -0.2) is 18.6 Å². The summed E-state index contributed by atoms with van der Waals surface area (Å²) in [5.41, 5.74) is 2.21. The first-order valence-corrected chi connectivity index (χ1v) is 7.26. The molecule has 0 aliphatic carbocycles. The van der Waals surface area contributed by atoms with Crippen molar-refractivity contribution in [3.8, 4) is 5.75 Å². The Morgan fingerprint density at radius 3 is 2.68 bits per heavy atom. The van der Waals surface area contributed by atoms with E-state index in [2.05, 4.69) is 35.4 Å². The largest absolute Gasteiger partial charge is 0.497 e. The lowest BCUT2D eigenvalue weighted by molar-refractivity contribution is 0.414. The van der Waals surface area contributed by atoms with E-state index in [4.69, 9.17) is 4.74 Å². The summed E-state index contributed by atoms with van der Waals surface area (Å²) in [6.07, 6.45) is 1.85. The summed E-state index contributed by atoms with van der Waals surface area (Å²) in [6, 6.07) is 12.2. The van der Waals surface area contributed by atoms with Crippen LogP contribution in [0.15, 0.2) is 47.5 Å². The van der Waals surface area contributed by atoms with Crippen molar-refractivity contribution in [1.82, 2.24) is 4.98 Å². The molecule has 0 unspecified atom stereocenters. The molecule has 0 radical (unpaired) electrons. The molecule has 19 heavy (non-hydrogen) atoms. The van der Waals surface area contributed by atoms with Crippen LogP contribution in [0.5, 0.6) is 5.75 Å². The van der Waals surface area contributed by atoms with E-state index in [0.717, 1.165) is 29.4 Å². The maximum atomic E-state index is 5.14. The van der Waals surface area contributed by atoms with Crippen molar-refractivity contribution >= 4 is 17.4 Å². The summed E-state index contributed by atoms with van der Waals surface area (Å²) < 4.78 is 5.14. The summed E-state index contributed by atoms with van der Waals surface area (Å²) in [5, 5.41) is 3.30. The van der Waals surface area contributed by atoms with Gasteiger partial charge in [-0.25, -0.2) is 0 Å². The lowest BCUT2D eigenvalue weighted by Gasteiger charge is -2.06. The Labute approximate surface area is 118 Å². The number of benzene rings is 1. The quantitative estimate of drug-likeness (QED) is 0.812. The number of hydrogen-bond donors (Lipinski definition) is 1. The molecule has 1 aromatic carbocycles. The van der Waals surface area contributed by atoms with Crippen LogP contribution in [-0.2, 0) is 5.75 Å². The van der Waals surface area contributed by atoms with Crippen molar-refractivity contribution in [2.75, 3.05) is 19.0 Å². The number of thioether (sulfide) groups is 1. The third-order valence-electron chi connectivity index (χ3n) is 2.64. The number of nitrogens with one attached hydrogen (secondary N) is 1. The van der Waals surface area contributed by atoms with E-state index in [1.54, 1.807) is 18.9 Å². The molecule has 0 saturated heterocycles. The van der Waals surface area contributed by atoms with E-state index in [1.165, 1.54) is 4.90 Å². The Bertz CT molecular complexity index is 514. The van der Waals surface area contributed by atoms with Crippen molar-refractivity contribution in [3.05, 3.63) is 48.3 Å². The van der Waals surface area contributed by atoms with Gasteiger partial charge in [-0.05, 0) is 43.3 Å². The topological polar surface area (TPSA) is 34.2 Å². The Morgan fingerprint density at radius 2 is 2.00 bits per heavy atom. The summed E-state index contributed by atoms with van der Waals surface area (Å²) in [7, 11) is 1.68. The summed E-state index contributed by atoms with van der Waals surface area (Å²) in [4.78, 5) is 5.60. The van der Waals surface area contributed by atoms with Gasteiger partial charge in [0, 0.05) is 29.1 Å². The van der Waals surface area contributed by atoms with Crippen LogP contribution in [0.1, 0.15) is 12.6 Å². The second-order valence-electron chi connectivity index (χ2n) is 4.03. The van der Waals surface area contributed by atoms with Gasteiger partial charge in [0.1, 0.15) is 5.75 Å². The lowest BCUT2D eigenvalue weighted by Crippen LogP contribution is -1.97. The Morgan fingerprint density at radius 1 is 1.21 bits per heavy atom. The van der Waals surface area contributed by atoms with Crippen molar-refractivity contribution in [2.45, 2.75) is 17.6 Å². The van der Waals surface area contributed by atoms with Crippen LogP contribution >= 0.6 is 11.8 Å². The number of pyridine rings is 1. The van der Waals surface area contributed by atoms with Crippen LogP contribution in [0, 0.1) is 0 Å². The minimum atomic E-state index is 0.867. The molecule has 0 atom stereocenters. The lowest BCUT2D eigenvalue weighted by atomic mass is 10.3. The Kier molecular flexibility index (Phi) is 5.10. The second-order valence-corrected chi connectivity index (χ2v) is 5.08. The van der Waals surface area contributed by atoms with Gasteiger partial charge in [-0.3, -0.25) is 4.98 Å². The van der Waals surface area contributed by atoms with Crippen LogP contribution < -0.4 is 10.1 Å². The van der Waals surface area contributed by atoms with E-state index >= 15 is 0 Å². The molecule has 100 valence electrons. The fourth-order valence-corrected chi connectivity index (χ4v) is 2.50. The van der Waals surface area contributed by atoms with Crippen molar-refractivity contribution < 1.29 is 4.74 Å². The van der Waals surface area contributed by atoms with Gasteiger partial charge in [0.05, 0.1) is 12.8 Å². The van der Waals surface area contributed by atoms with E-state index in [1.807, 2.05) is 24.4 Å². The highest BCUT2D eigenvalue weighted by Gasteiger charge is 2.00. The van der Waals surface area contributed by atoms with Gasteiger partial charge in [-0.1, -0.05) is 0 Å². The first-order chi connectivity index (χ1) is 9.31. The number of anilines is 1. The van der Waals surface area contributed by atoms with Crippen LogP contribution in [0.25, 0.3) is 0 Å². The van der Waals surface area contributed by atoms with E-state index in [-0.39, 0.29) is 0 Å². The van der Waals surface area contributed by atoms with E-state index in [9.17, 15) is 0 Å². The molecule has 0 amide bonds. The SMILES string of the molecule is CCNc1ccnc(CSc2ccc(OC)cc2)c1. The molecule has 0 spiro atoms. The van der Waals surface area contributed by atoms with Crippen molar-refractivity contribution in [1.29, 1.82) is 0 Å². The third kappa shape index (κ3) is 4.17.